The Balaban J connectivity index is 2.62. The SMILES string of the molecule is Cc1cc2c(C)c(C)oc2cc1OC(=O)O. The molecule has 0 bridgehead atoms. The van der Waals surface area contributed by atoms with Crippen LogP contribution in [-0.4, -0.2) is 11.3 Å². The van der Waals surface area contributed by atoms with Gasteiger partial charge in [0.15, 0.2) is 0 Å². The Morgan fingerprint density at radius 3 is 2.62 bits per heavy atom. The second kappa shape index (κ2) is 3.56. The molecule has 0 saturated heterocycles. The summed E-state index contributed by atoms with van der Waals surface area (Å²) in [5.74, 6) is 1.15. The normalized spacial score (nSPS) is 10.7. The van der Waals surface area contributed by atoms with E-state index in [0.29, 0.717) is 11.3 Å². The molecule has 1 aromatic carbocycles. The van der Waals surface area contributed by atoms with Crippen LogP contribution in [0.25, 0.3) is 11.0 Å². The van der Waals surface area contributed by atoms with Crippen LogP contribution in [0.5, 0.6) is 5.75 Å². The Morgan fingerprint density at radius 2 is 2.00 bits per heavy atom. The summed E-state index contributed by atoms with van der Waals surface area (Å²) in [5, 5.41) is 9.56. The molecule has 0 amide bonds. The summed E-state index contributed by atoms with van der Waals surface area (Å²) >= 11 is 0. The van der Waals surface area contributed by atoms with Crippen LogP contribution < -0.4 is 4.74 Å². The standard InChI is InChI=1S/C12H12O4/c1-6-4-9-7(2)8(3)15-11(9)5-10(6)16-12(13)14/h4-5H,1-3H3,(H,13,14). The van der Waals surface area contributed by atoms with E-state index in [1.807, 2.05) is 19.9 Å². The molecule has 0 unspecified atom stereocenters. The van der Waals surface area contributed by atoms with Crippen LogP contribution in [0.1, 0.15) is 16.9 Å². The minimum absolute atomic E-state index is 0.314. The molecule has 0 aliphatic carbocycles. The highest BCUT2D eigenvalue weighted by molar-refractivity contribution is 5.85. The Hall–Kier alpha value is -1.97. The summed E-state index contributed by atoms with van der Waals surface area (Å²) in [6.07, 6.45) is -1.32. The lowest BCUT2D eigenvalue weighted by molar-refractivity contribution is 0.144. The van der Waals surface area contributed by atoms with Gasteiger partial charge in [0, 0.05) is 11.5 Å². The Bertz CT molecular complexity index is 566. The minimum atomic E-state index is -1.32. The summed E-state index contributed by atoms with van der Waals surface area (Å²) in [4.78, 5) is 10.5. The molecule has 0 saturated carbocycles. The molecule has 4 nitrogen and oxygen atoms in total. The van der Waals surface area contributed by atoms with E-state index in [0.717, 1.165) is 22.3 Å². The lowest BCUT2D eigenvalue weighted by Crippen LogP contribution is -2.04. The second-order valence-electron chi connectivity index (χ2n) is 3.77. The number of hydrogen-bond donors (Lipinski definition) is 1. The first-order valence-electron chi connectivity index (χ1n) is 4.90. The van der Waals surface area contributed by atoms with Crippen molar-refractivity contribution in [2.75, 3.05) is 0 Å². The molecule has 0 aliphatic heterocycles. The molecule has 0 radical (unpaired) electrons. The van der Waals surface area contributed by atoms with Crippen molar-refractivity contribution in [1.29, 1.82) is 0 Å². The van der Waals surface area contributed by atoms with Crippen LogP contribution in [0.4, 0.5) is 4.79 Å². The molecule has 1 N–H and O–H groups in total. The molecule has 16 heavy (non-hydrogen) atoms. The highest BCUT2D eigenvalue weighted by atomic mass is 16.7. The van der Waals surface area contributed by atoms with Crippen molar-refractivity contribution in [3.63, 3.8) is 0 Å². The zero-order chi connectivity index (χ0) is 11.9. The van der Waals surface area contributed by atoms with Crippen molar-refractivity contribution in [2.45, 2.75) is 20.8 Å². The number of furan rings is 1. The first kappa shape index (κ1) is 10.5. The first-order chi connectivity index (χ1) is 7.49. The molecular weight excluding hydrogens is 208 g/mol. The van der Waals surface area contributed by atoms with Crippen LogP contribution in [0.3, 0.4) is 0 Å². The van der Waals surface area contributed by atoms with Crippen molar-refractivity contribution in [2.24, 2.45) is 0 Å². The molecule has 1 aromatic heterocycles. The van der Waals surface area contributed by atoms with E-state index in [1.165, 1.54) is 0 Å². The lowest BCUT2D eigenvalue weighted by Gasteiger charge is -2.03. The van der Waals surface area contributed by atoms with Crippen molar-refractivity contribution in [3.8, 4) is 5.75 Å². The molecule has 84 valence electrons. The van der Waals surface area contributed by atoms with E-state index in [1.54, 1.807) is 13.0 Å². The fraction of sp³-hybridized carbons (Fsp3) is 0.250. The van der Waals surface area contributed by atoms with Gasteiger partial charge < -0.3 is 14.3 Å². The monoisotopic (exact) mass is 220 g/mol. The Kier molecular flexibility index (Phi) is 2.34. The van der Waals surface area contributed by atoms with Crippen molar-refractivity contribution < 1.29 is 19.1 Å². The highest BCUT2D eigenvalue weighted by Gasteiger charge is 2.12. The predicted molar refractivity (Wildman–Crippen MR) is 59.1 cm³/mol. The number of hydrogen-bond acceptors (Lipinski definition) is 3. The minimum Gasteiger partial charge on any atom is -0.461 e. The summed E-state index contributed by atoms with van der Waals surface area (Å²) in [6.45, 7) is 5.65. The number of aryl methyl sites for hydroxylation is 3. The smallest absolute Gasteiger partial charge is 0.461 e. The molecule has 2 aromatic rings. The van der Waals surface area contributed by atoms with Gasteiger partial charge in [0.1, 0.15) is 17.1 Å². The lowest BCUT2D eigenvalue weighted by atomic mass is 10.1. The van der Waals surface area contributed by atoms with Crippen molar-refractivity contribution in [3.05, 3.63) is 29.0 Å². The molecule has 0 aliphatic rings. The van der Waals surface area contributed by atoms with Gasteiger partial charge in [-0.3, -0.25) is 0 Å². The van der Waals surface area contributed by atoms with Crippen LogP contribution in [0.15, 0.2) is 16.5 Å². The van der Waals surface area contributed by atoms with Gasteiger partial charge in [-0.25, -0.2) is 4.79 Å². The summed E-state index contributed by atoms with van der Waals surface area (Å²) < 4.78 is 10.2. The third-order valence-corrected chi connectivity index (χ3v) is 2.67. The molecular formula is C12H12O4. The van der Waals surface area contributed by atoms with Crippen LogP contribution in [-0.2, 0) is 0 Å². The van der Waals surface area contributed by atoms with E-state index < -0.39 is 6.16 Å². The van der Waals surface area contributed by atoms with Crippen LogP contribution >= 0.6 is 0 Å². The summed E-state index contributed by atoms with van der Waals surface area (Å²) in [7, 11) is 0. The van der Waals surface area contributed by atoms with E-state index in [4.69, 9.17) is 9.52 Å². The fourth-order valence-corrected chi connectivity index (χ4v) is 1.68. The average molecular weight is 220 g/mol. The number of rotatable bonds is 1. The number of benzene rings is 1. The van der Waals surface area contributed by atoms with E-state index in [-0.39, 0.29) is 0 Å². The maximum atomic E-state index is 10.5. The second-order valence-corrected chi connectivity index (χ2v) is 3.77. The third-order valence-electron chi connectivity index (χ3n) is 2.67. The van der Waals surface area contributed by atoms with Gasteiger partial charge in [-0.15, -0.1) is 0 Å². The molecule has 0 atom stereocenters. The zero-order valence-corrected chi connectivity index (χ0v) is 9.33. The van der Waals surface area contributed by atoms with Crippen molar-refractivity contribution in [1.82, 2.24) is 0 Å². The highest BCUT2D eigenvalue weighted by Crippen LogP contribution is 2.31. The third kappa shape index (κ3) is 1.62. The van der Waals surface area contributed by atoms with E-state index in [9.17, 15) is 4.79 Å². The molecule has 0 spiro atoms. The van der Waals surface area contributed by atoms with Gasteiger partial charge in [0.25, 0.3) is 0 Å². The first-order valence-corrected chi connectivity index (χ1v) is 4.90. The topological polar surface area (TPSA) is 59.7 Å². The van der Waals surface area contributed by atoms with Gasteiger partial charge in [0.2, 0.25) is 0 Å². The number of carboxylic acid groups (broad SMARTS) is 1. The van der Waals surface area contributed by atoms with Gasteiger partial charge in [-0.1, -0.05) is 0 Å². The molecule has 2 rings (SSSR count). The number of carbonyl (C=O) groups is 1. The van der Waals surface area contributed by atoms with Gasteiger partial charge in [0.05, 0.1) is 0 Å². The summed E-state index contributed by atoms with van der Waals surface area (Å²) in [5.41, 5.74) is 2.50. The molecule has 1 heterocycles. The zero-order valence-electron chi connectivity index (χ0n) is 9.33. The molecule has 4 heteroatoms. The predicted octanol–water partition coefficient (Wildman–Crippen LogP) is 3.41. The van der Waals surface area contributed by atoms with E-state index in [2.05, 4.69) is 4.74 Å². The van der Waals surface area contributed by atoms with E-state index >= 15 is 0 Å². The maximum absolute atomic E-state index is 10.5. The van der Waals surface area contributed by atoms with Crippen LogP contribution in [0, 0.1) is 20.8 Å². The van der Waals surface area contributed by atoms with Gasteiger partial charge in [-0.2, -0.15) is 0 Å². The quantitative estimate of drug-likeness (QED) is 0.591. The molecule has 0 fully saturated rings. The van der Waals surface area contributed by atoms with Gasteiger partial charge in [-0.05, 0) is 38.0 Å². The maximum Gasteiger partial charge on any atom is 0.511 e. The Labute approximate surface area is 92.4 Å². The summed E-state index contributed by atoms with van der Waals surface area (Å²) in [6, 6.07) is 3.48. The fourth-order valence-electron chi connectivity index (χ4n) is 1.68. The van der Waals surface area contributed by atoms with Crippen LogP contribution in [0.2, 0.25) is 0 Å². The number of ether oxygens (including phenoxy) is 1. The largest absolute Gasteiger partial charge is 0.511 e. The van der Waals surface area contributed by atoms with Gasteiger partial charge >= 0.3 is 6.16 Å². The van der Waals surface area contributed by atoms with Crippen molar-refractivity contribution >= 4 is 17.1 Å². The number of fused-ring (bicyclic) bond motifs is 1. The Morgan fingerprint density at radius 1 is 1.31 bits per heavy atom. The average Bonchev–Trinajstić information content (AvgIpc) is 2.44.